The Bertz CT molecular complexity index is 1120. The lowest BCUT2D eigenvalue weighted by atomic mass is 9.95. The Labute approximate surface area is 195 Å². The molecule has 0 aliphatic carbocycles. The Morgan fingerprint density at radius 3 is 2.47 bits per heavy atom. The molecule has 1 saturated heterocycles. The van der Waals surface area contributed by atoms with Gasteiger partial charge >= 0.3 is 0 Å². The van der Waals surface area contributed by atoms with E-state index in [9.17, 15) is 14.7 Å². The molecule has 0 spiro atoms. The quantitative estimate of drug-likeness (QED) is 0.402. The largest absolute Gasteiger partial charge is 0.507 e. The molecule has 2 aromatic carbocycles. The number of likely N-dealkylation sites (N-methyl/N-ethyl adjacent to an activating group) is 1. The molecule has 0 bridgehead atoms. The third-order valence-corrected chi connectivity index (χ3v) is 6.14. The van der Waals surface area contributed by atoms with Crippen LogP contribution in [0.4, 0.5) is 0 Å². The number of Topliss-reactive ketones (excluding diaryl/α,β-unsaturated/α-hetero) is 1. The minimum absolute atomic E-state index is 0.0103. The number of carbonyl (C=O) groups is 2. The Hall–Kier alpha value is -2.74. The van der Waals surface area contributed by atoms with Gasteiger partial charge in [0, 0.05) is 18.7 Å². The van der Waals surface area contributed by atoms with Crippen LogP contribution in [0, 0.1) is 0 Å². The van der Waals surface area contributed by atoms with Crippen LogP contribution in [0.15, 0.2) is 42.0 Å². The lowest BCUT2D eigenvalue weighted by Gasteiger charge is -2.27. The molecule has 1 N–H and O–H groups in total. The first-order chi connectivity index (χ1) is 15.3. The monoisotopic (exact) mass is 476 g/mol. The number of halogens is 2. The van der Waals surface area contributed by atoms with E-state index in [-0.39, 0.29) is 11.3 Å². The molecule has 9 heteroatoms. The summed E-state index contributed by atoms with van der Waals surface area (Å²) >= 11 is 12.3. The zero-order valence-corrected chi connectivity index (χ0v) is 19.1. The lowest BCUT2D eigenvalue weighted by Crippen LogP contribution is -2.35. The highest BCUT2D eigenvalue weighted by Crippen LogP contribution is 2.42. The molecule has 2 aliphatic heterocycles. The Morgan fingerprint density at radius 2 is 1.78 bits per heavy atom. The predicted octanol–water partition coefficient (Wildman–Crippen LogP) is 3.75. The number of ketones is 1. The summed E-state index contributed by atoms with van der Waals surface area (Å²) in [4.78, 5) is 29.4. The van der Waals surface area contributed by atoms with Crippen molar-refractivity contribution in [3.63, 3.8) is 0 Å². The molecule has 1 unspecified atom stereocenters. The van der Waals surface area contributed by atoms with Gasteiger partial charge in [0.15, 0.2) is 11.5 Å². The highest BCUT2D eigenvalue weighted by molar-refractivity contribution is 6.46. The molecule has 32 heavy (non-hydrogen) atoms. The van der Waals surface area contributed by atoms with E-state index < -0.39 is 17.7 Å². The number of aliphatic hydroxyl groups excluding tert-OH is 1. The molecule has 7 nitrogen and oxygen atoms in total. The Morgan fingerprint density at radius 1 is 1.06 bits per heavy atom. The molecule has 1 fully saturated rings. The summed E-state index contributed by atoms with van der Waals surface area (Å²) in [6, 6.07) is 9.00. The van der Waals surface area contributed by atoms with Gasteiger partial charge < -0.3 is 24.4 Å². The smallest absolute Gasteiger partial charge is 0.295 e. The van der Waals surface area contributed by atoms with Crippen molar-refractivity contribution < 1.29 is 24.2 Å². The van der Waals surface area contributed by atoms with E-state index in [1.54, 1.807) is 36.4 Å². The van der Waals surface area contributed by atoms with Crippen LogP contribution in [0.1, 0.15) is 17.2 Å². The van der Waals surface area contributed by atoms with Gasteiger partial charge in [0.2, 0.25) is 0 Å². The topological polar surface area (TPSA) is 79.3 Å². The van der Waals surface area contributed by atoms with Gasteiger partial charge in [-0.25, -0.2) is 0 Å². The number of hydrogen-bond acceptors (Lipinski definition) is 6. The maximum atomic E-state index is 13.1. The van der Waals surface area contributed by atoms with Crippen molar-refractivity contribution in [1.82, 2.24) is 9.80 Å². The third kappa shape index (κ3) is 4.16. The SMILES string of the molecule is CN(C)CCN1C(=O)C(=O)/C(=C(/O)c2ccc3c(c2)OCCO3)C1c1ccc(Cl)c(Cl)c1. The number of likely N-dealkylation sites (tertiary alicyclic amines) is 1. The van der Waals surface area contributed by atoms with E-state index in [1.165, 1.54) is 4.90 Å². The van der Waals surface area contributed by atoms with Crippen molar-refractivity contribution in [1.29, 1.82) is 0 Å². The van der Waals surface area contributed by atoms with Crippen molar-refractivity contribution in [2.45, 2.75) is 6.04 Å². The first kappa shape index (κ1) is 22.5. The van der Waals surface area contributed by atoms with Crippen molar-refractivity contribution in [3.8, 4) is 11.5 Å². The van der Waals surface area contributed by atoms with Gasteiger partial charge in [-0.1, -0.05) is 29.3 Å². The fourth-order valence-corrected chi connectivity index (χ4v) is 4.10. The van der Waals surface area contributed by atoms with E-state index in [0.29, 0.717) is 59.0 Å². The Kier molecular flexibility index (Phi) is 6.33. The van der Waals surface area contributed by atoms with Gasteiger partial charge in [-0.05, 0) is 50.0 Å². The van der Waals surface area contributed by atoms with Crippen LogP contribution in [0.3, 0.4) is 0 Å². The standard InChI is InChI=1S/C23H22Cl2N2O5/c1-26(2)7-8-27-20(13-3-5-15(24)16(25)11-13)19(22(29)23(27)30)21(28)14-4-6-17-18(12-14)32-10-9-31-17/h3-6,11-12,20,28H,7-10H2,1-2H3/b21-19+. The van der Waals surface area contributed by atoms with E-state index in [2.05, 4.69) is 0 Å². The van der Waals surface area contributed by atoms with Gasteiger partial charge in [-0.2, -0.15) is 0 Å². The fraction of sp³-hybridized carbons (Fsp3) is 0.304. The maximum absolute atomic E-state index is 13.1. The predicted molar refractivity (Wildman–Crippen MR) is 121 cm³/mol. The minimum atomic E-state index is -0.807. The van der Waals surface area contributed by atoms with E-state index in [1.807, 2.05) is 19.0 Å². The summed E-state index contributed by atoms with van der Waals surface area (Å²) in [6.45, 7) is 1.65. The number of fused-ring (bicyclic) bond motifs is 1. The number of ether oxygens (including phenoxy) is 2. The zero-order valence-electron chi connectivity index (χ0n) is 17.6. The van der Waals surface area contributed by atoms with Crippen molar-refractivity contribution in [2.24, 2.45) is 0 Å². The molecule has 0 aromatic heterocycles. The molecule has 168 valence electrons. The van der Waals surface area contributed by atoms with Gasteiger partial charge in [0.25, 0.3) is 11.7 Å². The lowest BCUT2D eigenvalue weighted by molar-refractivity contribution is -0.140. The number of amides is 1. The normalized spacial score (nSPS) is 19.7. The fourth-order valence-electron chi connectivity index (χ4n) is 3.79. The highest BCUT2D eigenvalue weighted by Gasteiger charge is 2.46. The molecule has 4 rings (SSSR count). The molecular weight excluding hydrogens is 455 g/mol. The van der Waals surface area contributed by atoms with Crippen LogP contribution >= 0.6 is 23.2 Å². The zero-order chi connectivity index (χ0) is 23.0. The summed E-state index contributed by atoms with van der Waals surface area (Å²) in [5.41, 5.74) is 0.921. The van der Waals surface area contributed by atoms with Crippen LogP contribution < -0.4 is 9.47 Å². The molecule has 2 aliphatic rings. The average molecular weight is 477 g/mol. The van der Waals surface area contributed by atoms with Gasteiger partial charge in [0.05, 0.1) is 21.7 Å². The molecule has 2 aromatic rings. The molecular formula is C23H22Cl2N2O5. The first-order valence-corrected chi connectivity index (χ1v) is 10.8. The highest BCUT2D eigenvalue weighted by atomic mass is 35.5. The second-order valence-electron chi connectivity index (χ2n) is 7.83. The van der Waals surface area contributed by atoms with E-state index >= 15 is 0 Å². The van der Waals surface area contributed by atoms with E-state index in [4.69, 9.17) is 32.7 Å². The molecule has 0 radical (unpaired) electrons. The first-order valence-electron chi connectivity index (χ1n) is 10.1. The van der Waals surface area contributed by atoms with E-state index in [0.717, 1.165) is 0 Å². The summed E-state index contributed by atoms with van der Waals surface area (Å²) in [6.07, 6.45) is 0. The molecule has 1 atom stereocenters. The number of hydrogen-bond donors (Lipinski definition) is 1. The van der Waals surface area contributed by atoms with Crippen LogP contribution in [0.5, 0.6) is 11.5 Å². The number of benzene rings is 2. The molecule has 0 saturated carbocycles. The third-order valence-electron chi connectivity index (χ3n) is 5.40. The minimum Gasteiger partial charge on any atom is -0.507 e. The van der Waals surface area contributed by atoms with Crippen molar-refractivity contribution in [2.75, 3.05) is 40.4 Å². The second-order valence-corrected chi connectivity index (χ2v) is 8.64. The van der Waals surface area contributed by atoms with Crippen molar-refractivity contribution in [3.05, 3.63) is 63.1 Å². The van der Waals surface area contributed by atoms with Crippen LogP contribution in [0.2, 0.25) is 10.0 Å². The maximum Gasteiger partial charge on any atom is 0.295 e. The summed E-state index contributed by atoms with van der Waals surface area (Å²) < 4.78 is 11.1. The molecule has 2 heterocycles. The van der Waals surface area contributed by atoms with Gasteiger partial charge in [-0.3, -0.25) is 9.59 Å². The van der Waals surface area contributed by atoms with Crippen LogP contribution in [-0.4, -0.2) is 67.0 Å². The summed E-state index contributed by atoms with van der Waals surface area (Å²) in [7, 11) is 3.75. The number of rotatable bonds is 5. The number of aliphatic hydroxyl groups is 1. The second kappa shape index (κ2) is 9.02. The summed E-state index contributed by atoms with van der Waals surface area (Å²) in [5.74, 6) is -0.702. The average Bonchev–Trinajstić information content (AvgIpc) is 3.03. The number of nitrogens with zero attached hydrogens (tertiary/aromatic N) is 2. The summed E-state index contributed by atoms with van der Waals surface area (Å²) in [5, 5.41) is 11.8. The van der Waals surface area contributed by atoms with Gasteiger partial charge in [-0.15, -0.1) is 0 Å². The molecule has 1 amide bonds. The van der Waals surface area contributed by atoms with Crippen LogP contribution in [-0.2, 0) is 9.59 Å². The van der Waals surface area contributed by atoms with Crippen LogP contribution in [0.25, 0.3) is 5.76 Å². The van der Waals surface area contributed by atoms with Crippen molar-refractivity contribution >= 4 is 40.7 Å². The van der Waals surface area contributed by atoms with Gasteiger partial charge in [0.1, 0.15) is 19.0 Å². The number of carbonyl (C=O) groups excluding carboxylic acids is 2. The Balaban J connectivity index is 1.84.